The number of hydrogen-bond acceptors (Lipinski definition) is 5. The van der Waals surface area contributed by atoms with Crippen LogP contribution in [0.15, 0.2) is 41.3 Å². The van der Waals surface area contributed by atoms with Gasteiger partial charge in [-0.1, -0.05) is 0 Å². The highest BCUT2D eigenvalue weighted by atomic mass is 19.1. The van der Waals surface area contributed by atoms with Crippen LogP contribution in [0.1, 0.15) is 36.2 Å². The number of pyridine rings is 1. The predicted octanol–water partition coefficient (Wildman–Crippen LogP) is 3.44. The van der Waals surface area contributed by atoms with E-state index in [1.165, 1.54) is 36.2 Å². The molecule has 0 spiro atoms. The van der Waals surface area contributed by atoms with Crippen molar-refractivity contribution >= 4 is 34.6 Å². The first-order chi connectivity index (χ1) is 17.1. The molecule has 1 saturated carbocycles. The van der Waals surface area contributed by atoms with Crippen molar-refractivity contribution in [3.8, 4) is 11.1 Å². The number of aromatic nitrogens is 1. The molecule has 0 bridgehead atoms. The summed E-state index contributed by atoms with van der Waals surface area (Å²) in [5.41, 5.74) is -0.929. The van der Waals surface area contributed by atoms with Crippen molar-refractivity contribution in [2.45, 2.75) is 31.9 Å². The number of carboxylic acids is 1. The molecule has 1 atom stereocenters. The van der Waals surface area contributed by atoms with Crippen molar-refractivity contribution in [2.75, 3.05) is 18.0 Å². The number of nitrogens with zero attached hydrogens (tertiary/aromatic N) is 2. The minimum absolute atomic E-state index is 0.0247. The van der Waals surface area contributed by atoms with E-state index >= 15 is 8.78 Å². The van der Waals surface area contributed by atoms with Gasteiger partial charge < -0.3 is 19.7 Å². The van der Waals surface area contributed by atoms with E-state index in [1.54, 1.807) is 4.57 Å². The number of halogens is 2. The Kier molecular flexibility index (Phi) is 5.70. The Morgan fingerprint density at radius 1 is 1.11 bits per heavy atom. The van der Waals surface area contributed by atoms with Gasteiger partial charge in [-0.25, -0.2) is 18.4 Å². The van der Waals surface area contributed by atoms with Gasteiger partial charge in [0.15, 0.2) is 0 Å². The third-order valence-electron chi connectivity index (χ3n) is 6.30. The van der Waals surface area contributed by atoms with Gasteiger partial charge in [0.2, 0.25) is 11.3 Å². The minimum atomic E-state index is -1.40. The van der Waals surface area contributed by atoms with Crippen LogP contribution >= 0.6 is 0 Å². The number of aromatic carboxylic acids is 1. The Bertz CT molecular complexity index is 1500. The fourth-order valence-electron chi connectivity index (χ4n) is 4.37. The van der Waals surface area contributed by atoms with E-state index in [2.05, 4.69) is 5.32 Å². The lowest BCUT2D eigenvalue weighted by molar-refractivity contribution is -0.119. The zero-order valence-electron chi connectivity index (χ0n) is 19.1. The second-order valence-electron chi connectivity index (χ2n) is 8.88. The molecule has 0 unspecified atom stereocenters. The molecule has 186 valence electrons. The molecule has 5 rings (SSSR count). The first-order valence-corrected chi connectivity index (χ1v) is 11.3. The topological polar surface area (TPSA) is 118 Å². The Morgan fingerprint density at radius 2 is 1.83 bits per heavy atom. The number of fused-ring (bicyclic) bond motifs is 1. The largest absolute Gasteiger partial charge is 0.477 e. The maximum atomic E-state index is 15.2. The van der Waals surface area contributed by atoms with Gasteiger partial charge in [0.05, 0.1) is 24.3 Å². The summed E-state index contributed by atoms with van der Waals surface area (Å²) >= 11 is 0. The van der Waals surface area contributed by atoms with Gasteiger partial charge in [-0.05, 0) is 43.2 Å². The monoisotopic (exact) mass is 497 g/mol. The Hall–Kier alpha value is -4.28. The van der Waals surface area contributed by atoms with Gasteiger partial charge in [-0.2, -0.15) is 0 Å². The molecular weight excluding hydrogens is 476 g/mol. The fourth-order valence-corrected chi connectivity index (χ4v) is 4.37. The highest BCUT2D eigenvalue weighted by Crippen LogP contribution is 2.39. The van der Waals surface area contributed by atoms with E-state index < -0.39 is 40.8 Å². The van der Waals surface area contributed by atoms with E-state index in [0.717, 1.165) is 25.0 Å². The summed E-state index contributed by atoms with van der Waals surface area (Å²) in [7, 11) is 0. The van der Waals surface area contributed by atoms with Crippen molar-refractivity contribution in [3.63, 3.8) is 0 Å². The quantitative estimate of drug-likeness (QED) is 0.539. The van der Waals surface area contributed by atoms with Crippen molar-refractivity contribution in [1.82, 2.24) is 9.88 Å². The van der Waals surface area contributed by atoms with Gasteiger partial charge >= 0.3 is 12.1 Å². The van der Waals surface area contributed by atoms with Gasteiger partial charge in [-0.3, -0.25) is 14.5 Å². The van der Waals surface area contributed by atoms with Crippen LogP contribution < -0.4 is 15.6 Å². The molecule has 36 heavy (non-hydrogen) atoms. The van der Waals surface area contributed by atoms with E-state index in [0.29, 0.717) is 5.52 Å². The SMILES string of the molecule is CC(=O)NC[C@H]1CN(c2ccc(-c3cc4c(cc3F)c(=O)c(C(=O)O)cn4C3CC3)c(F)c2)C(=O)O1. The number of nitrogens with one attached hydrogen (secondary N) is 1. The van der Waals surface area contributed by atoms with E-state index in [9.17, 15) is 24.3 Å². The summed E-state index contributed by atoms with van der Waals surface area (Å²) in [6, 6.07) is 6.13. The number of cyclic esters (lactones) is 1. The van der Waals surface area contributed by atoms with Crippen LogP contribution in [0.3, 0.4) is 0 Å². The molecule has 9 nitrogen and oxygen atoms in total. The molecule has 1 aliphatic carbocycles. The van der Waals surface area contributed by atoms with Crippen molar-refractivity contribution in [3.05, 3.63) is 63.9 Å². The van der Waals surface area contributed by atoms with Gasteiger partial charge in [0, 0.05) is 35.7 Å². The summed E-state index contributed by atoms with van der Waals surface area (Å²) in [5.74, 6) is -3.36. The molecule has 1 saturated heterocycles. The van der Waals surface area contributed by atoms with Crippen LogP contribution in [-0.4, -0.2) is 46.8 Å². The molecule has 2 aromatic carbocycles. The number of carbonyl (C=O) groups is 3. The maximum Gasteiger partial charge on any atom is 0.414 e. The minimum Gasteiger partial charge on any atom is -0.477 e. The summed E-state index contributed by atoms with van der Waals surface area (Å²) in [6.07, 6.45) is 1.51. The van der Waals surface area contributed by atoms with Crippen LogP contribution in [0.25, 0.3) is 22.0 Å². The van der Waals surface area contributed by atoms with Crippen LogP contribution in [0.4, 0.5) is 19.3 Å². The smallest absolute Gasteiger partial charge is 0.414 e. The van der Waals surface area contributed by atoms with Crippen molar-refractivity contribution in [1.29, 1.82) is 0 Å². The third kappa shape index (κ3) is 4.16. The van der Waals surface area contributed by atoms with Gasteiger partial charge in [-0.15, -0.1) is 0 Å². The Balaban J connectivity index is 1.52. The van der Waals surface area contributed by atoms with Crippen molar-refractivity contribution < 1.29 is 33.0 Å². The highest BCUT2D eigenvalue weighted by Gasteiger charge is 2.33. The zero-order valence-corrected chi connectivity index (χ0v) is 19.1. The van der Waals surface area contributed by atoms with Crippen LogP contribution in [0.2, 0.25) is 0 Å². The third-order valence-corrected chi connectivity index (χ3v) is 6.30. The summed E-state index contributed by atoms with van der Waals surface area (Å²) in [4.78, 5) is 48.7. The van der Waals surface area contributed by atoms with Crippen LogP contribution in [0, 0.1) is 11.6 Å². The van der Waals surface area contributed by atoms with Crippen molar-refractivity contribution in [2.24, 2.45) is 0 Å². The first kappa shape index (κ1) is 23.5. The second-order valence-corrected chi connectivity index (χ2v) is 8.88. The van der Waals surface area contributed by atoms with E-state index in [-0.39, 0.29) is 47.2 Å². The number of amides is 2. The maximum absolute atomic E-state index is 15.2. The average Bonchev–Trinajstić information content (AvgIpc) is 3.59. The van der Waals surface area contributed by atoms with Crippen LogP contribution in [-0.2, 0) is 9.53 Å². The van der Waals surface area contributed by atoms with Gasteiger partial charge in [0.25, 0.3) is 0 Å². The normalized spacial score (nSPS) is 17.4. The number of carboxylic acid groups (broad SMARTS) is 1. The summed E-state index contributed by atoms with van der Waals surface area (Å²) in [5, 5.41) is 11.8. The lowest BCUT2D eigenvalue weighted by Crippen LogP contribution is -2.33. The second kappa shape index (κ2) is 8.74. The fraction of sp³-hybridized carbons (Fsp3) is 0.280. The number of benzene rings is 2. The van der Waals surface area contributed by atoms with E-state index in [1.807, 2.05) is 0 Å². The summed E-state index contributed by atoms with van der Waals surface area (Å²) < 4.78 is 37.2. The van der Waals surface area contributed by atoms with Crippen LogP contribution in [0.5, 0.6) is 0 Å². The molecule has 3 aromatic rings. The molecule has 2 amide bonds. The van der Waals surface area contributed by atoms with E-state index in [4.69, 9.17) is 4.74 Å². The summed E-state index contributed by atoms with van der Waals surface area (Å²) in [6.45, 7) is 1.55. The highest BCUT2D eigenvalue weighted by molar-refractivity contribution is 5.94. The first-order valence-electron chi connectivity index (χ1n) is 11.3. The molecule has 2 heterocycles. The number of anilines is 1. The number of rotatable bonds is 6. The molecular formula is C25H21F2N3O6. The average molecular weight is 497 g/mol. The van der Waals surface area contributed by atoms with Gasteiger partial charge in [0.1, 0.15) is 23.3 Å². The molecule has 1 aliphatic heterocycles. The lowest BCUT2D eigenvalue weighted by Gasteiger charge is -2.16. The molecule has 11 heteroatoms. The lowest BCUT2D eigenvalue weighted by atomic mass is 10.0. The number of hydrogen-bond donors (Lipinski definition) is 2. The molecule has 2 N–H and O–H groups in total. The Morgan fingerprint density at radius 3 is 2.47 bits per heavy atom. The molecule has 1 aromatic heterocycles. The Labute approximate surface area is 202 Å². The molecule has 2 aliphatic rings. The molecule has 0 radical (unpaired) electrons. The standard InChI is InChI=1S/C25H21F2N3O6/c1-12(31)28-9-15-10-30(25(35)36-15)14-4-5-16(20(26)6-14)17-8-22-18(7-21(17)27)23(32)19(24(33)34)11-29(22)13-2-3-13/h4-8,11,13,15H,2-3,9-10H2,1H3,(H,28,31)(H,33,34)/t15-/m0/s1. The number of ether oxygens (including phenoxy) is 1. The zero-order chi connectivity index (χ0) is 25.7. The number of carbonyl (C=O) groups excluding carboxylic acids is 2. The molecule has 2 fully saturated rings. The predicted molar refractivity (Wildman–Crippen MR) is 125 cm³/mol.